The molecule has 1 fully saturated rings. The third-order valence-electron chi connectivity index (χ3n) is 4.12. The lowest BCUT2D eigenvalue weighted by Gasteiger charge is -2.32. The molecule has 0 amide bonds. The van der Waals surface area contributed by atoms with Gasteiger partial charge in [0.2, 0.25) is 0 Å². The lowest BCUT2D eigenvalue weighted by molar-refractivity contribution is -0.144. The topological polar surface area (TPSA) is 52.6 Å². The fraction of sp³-hybridized carbons (Fsp3) is 0.929. The molecular weight excluding hydrogens is 228 g/mol. The third kappa shape index (κ3) is 3.69. The summed E-state index contributed by atoms with van der Waals surface area (Å²) >= 11 is 0. The summed E-state index contributed by atoms with van der Waals surface area (Å²) in [6.07, 6.45) is 3.16. The molecule has 0 aliphatic carbocycles. The van der Waals surface area contributed by atoms with Crippen molar-refractivity contribution in [2.45, 2.75) is 58.5 Å². The number of carboxylic acid groups (broad SMARTS) is 1. The average molecular weight is 256 g/mol. The van der Waals surface area contributed by atoms with Gasteiger partial charge in [-0.1, -0.05) is 20.8 Å². The molecule has 0 saturated carbocycles. The summed E-state index contributed by atoms with van der Waals surface area (Å²) in [5, 5.41) is 12.4. The van der Waals surface area contributed by atoms with Gasteiger partial charge in [-0.25, -0.2) is 0 Å². The molecule has 0 aromatic rings. The van der Waals surface area contributed by atoms with Crippen LogP contribution in [0.15, 0.2) is 0 Å². The summed E-state index contributed by atoms with van der Waals surface area (Å²) < 4.78 is 0. The summed E-state index contributed by atoms with van der Waals surface area (Å²) in [6.45, 7) is 10.9. The number of carboxylic acids is 1. The van der Waals surface area contributed by atoms with Gasteiger partial charge in [0.15, 0.2) is 0 Å². The molecular formula is C14H28N2O2. The first-order valence-corrected chi connectivity index (χ1v) is 7.13. The van der Waals surface area contributed by atoms with E-state index >= 15 is 0 Å². The Bertz CT molecular complexity index is 281. The van der Waals surface area contributed by atoms with Gasteiger partial charge in [0.05, 0.1) is 0 Å². The molecule has 2 N–H and O–H groups in total. The zero-order chi connectivity index (χ0) is 13.8. The van der Waals surface area contributed by atoms with E-state index in [9.17, 15) is 9.90 Å². The van der Waals surface area contributed by atoms with Crippen molar-refractivity contribution in [2.24, 2.45) is 5.92 Å². The third-order valence-corrected chi connectivity index (χ3v) is 4.12. The number of likely N-dealkylation sites (tertiary alicyclic amines) is 1. The van der Waals surface area contributed by atoms with Gasteiger partial charge in [0, 0.05) is 12.6 Å². The molecule has 106 valence electrons. The number of nitrogens with one attached hydrogen (secondary N) is 1. The molecule has 1 heterocycles. The lowest BCUT2D eigenvalue weighted by Crippen LogP contribution is -2.51. The molecule has 2 unspecified atom stereocenters. The molecule has 18 heavy (non-hydrogen) atoms. The highest BCUT2D eigenvalue weighted by molar-refractivity contribution is 5.78. The fourth-order valence-electron chi connectivity index (χ4n) is 2.91. The van der Waals surface area contributed by atoms with Gasteiger partial charge >= 0.3 is 5.97 Å². The summed E-state index contributed by atoms with van der Waals surface area (Å²) in [4.78, 5) is 13.8. The molecule has 0 aromatic heterocycles. The predicted octanol–water partition coefficient (Wildman–Crippen LogP) is 1.95. The van der Waals surface area contributed by atoms with Crippen molar-refractivity contribution in [2.75, 3.05) is 19.6 Å². The first kappa shape index (κ1) is 15.4. The van der Waals surface area contributed by atoms with Crippen LogP contribution in [0, 0.1) is 5.92 Å². The summed E-state index contributed by atoms with van der Waals surface area (Å²) in [7, 11) is 0. The Kier molecular flexibility index (Phi) is 5.60. The normalized spacial score (nSPS) is 24.4. The van der Waals surface area contributed by atoms with Gasteiger partial charge in [0.25, 0.3) is 0 Å². The van der Waals surface area contributed by atoms with Crippen LogP contribution >= 0.6 is 0 Å². The van der Waals surface area contributed by atoms with Crippen LogP contribution in [0.1, 0.15) is 47.0 Å². The van der Waals surface area contributed by atoms with Crippen LogP contribution in [0.25, 0.3) is 0 Å². The minimum Gasteiger partial charge on any atom is -0.480 e. The Hall–Kier alpha value is -0.610. The van der Waals surface area contributed by atoms with Crippen LogP contribution in [0.3, 0.4) is 0 Å². The number of rotatable bonds is 7. The van der Waals surface area contributed by atoms with E-state index < -0.39 is 11.5 Å². The second-order valence-corrected chi connectivity index (χ2v) is 5.91. The van der Waals surface area contributed by atoms with Crippen LogP contribution < -0.4 is 5.32 Å². The Morgan fingerprint density at radius 2 is 2.22 bits per heavy atom. The Morgan fingerprint density at radius 3 is 2.72 bits per heavy atom. The molecule has 0 radical (unpaired) electrons. The van der Waals surface area contributed by atoms with Crippen molar-refractivity contribution in [1.82, 2.24) is 10.2 Å². The molecule has 4 heteroatoms. The molecule has 1 saturated heterocycles. The second kappa shape index (κ2) is 6.53. The predicted molar refractivity (Wildman–Crippen MR) is 73.8 cm³/mol. The largest absolute Gasteiger partial charge is 0.480 e. The van der Waals surface area contributed by atoms with Crippen LogP contribution in [-0.4, -0.2) is 47.2 Å². The van der Waals surface area contributed by atoms with E-state index in [2.05, 4.69) is 24.1 Å². The lowest BCUT2D eigenvalue weighted by atomic mass is 9.96. The molecule has 4 nitrogen and oxygen atoms in total. The molecule has 0 aromatic carbocycles. The first-order chi connectivity index (χ1) is 8.40. The van der Waals surface area contributed by atoms with Gasteiger partial charge in [0.1, 0.15) is 5.54 Å². The van der Waals surface area contributed by atoms with E-state index in [1.165, 1.54) is 12.8 Å². The van der Waals surface area contributed by atoms with Crippen molar-refractivity contribution in [1.29, 1.82) is 0 Å². The average Bonchev–Trinajstić information content (AvgIpc) is 2.74. The Morgan fingerprint density at radius 1 is 1.56 bits per heavy atom. The van der Waals surface area contributed by atoms with Crippen molar-refractivity contribution in [3.63, 3.8) is 0 Å². The number of carbonyl (C=O) groups is 1. The van der Waals surface area contributed by atoms with Crippen LogP contribution in [-0.2, 0) is 4.79 Å². The summed E-state index contributed by atoms with van der Waals surface area (Å²) in [6, 6.07) is 0.629. The second-order valence-electron chi connectivity index (χ2n) is 5.91. The highest BCUT2D eigenvalue weighted by Crippen LogP contribution is 2.25. The van der Waals surface area contributed by atoms with E-state index in [0.717, 1.165) is 13.1 Å². The van der Waals surface area contributed by atoms with Crippen molar-refractivity contribution >= 4 is 5.97 Å². The van der Waals surface area contributed by atoms with Crippen molar-refractivity contribution in [3.05, 3.63) is 0 Å². The quantitative estimate of drug-likeness (QED) is 0.731. The fourth-order valence-corrected chi connectivity index (χ4v) is 2.91. The number of hydrogen-bond acceptors (Lipinski definition) is 3. The number of hydrogen-bond donors (Lipinski definition) is 2. The monoisotopic (exact) mass is 256 g/mol. The highest BCUT2D eigenvalue weighted by atomic mass is 16.4. The van der Waals surface area contributed by atoms with Gasteiger partial charge in [-0.05, 0) is 45.2 Å². The maximum atomic E-state index is 11.4. The van der Waals surface area contributed by atoms with Crippen molar-refractivity contribution in [3.8, 4) is 0 Å². The van der Waals surface area contributed by atoms with E-state index in [-0.39, 0.29) is 0 Å². The zero-order valence-electron chi connectivity index (χ0n) is 12.2. The molecule has 1 aliphatic heterocycles. The van der Waals surface area contributed by atoms with E-state index in [1.54, 1.807) is 6.92 Å². The van der Waals surface area contributed by atoms with Gasteiger partial charge in [-0.3, -0.25) is 4.79 Å². The standard InChI is InChI=1S/C14H28N2O2/c1-5-15-14(4,13(17)18)8-10-16-9-6-7-12(16)11(2)3/h11-12,15H,5-10H2,1-4H3,(H,17,18). The Labute approximate surface area is 111 Å². The minimum absolute atomic E-state index is 0.629. The first-order valence-electron chi connectivity index (χ1n) is 7.13. The van der Waals surface area contributed by atoms with Crippen LogP contribution in [0.5, 0.6) is 0 Å². The van der Waals surface area contributed by atoms with Gasteiger partial charge in [-0.2, -0.15) is 0 Å². The number of aliphatic carboxylic acids is 1. The summed E-state index contributed by atoms with van der Waals surface area (Å²) in [5.41, 5.74) is -0.793. The van der Waals surface area contributed by atoms with Gasteiger partial charge in [-0.15, -0.1) is 0 Å². The van der Waals surface area contributed by atoms with E-state index in [4.69, 9.17) is 0 Å². The van der Waals surface area contributed by atoms with Crippen molar-refractivity contribution < 1.29 is 9.90 Å². The number of nitrogens with zero attached hydrogens (tertiary/aromatic N) is 1. The number of likely N-dealkylation sites (N-methyl/N-ethyl adjacent to an activating group) is 1. The molecule has 0 bridgehead atoms. The minimum atomic E-state index is -0.793. The maximum absolute atomic E-state index is 11.4. The molecule has 2 atom stereocenters. The highest BCUT2D eigenvalue weighted by Gasteiger charge is 2.34. The van der Waals surface area contributed by atoms with E-state index in [1.807, 2.05) is 6.92 Å². The summed E-state index contributed by atoms with van der Waals surface area (Å²) in [5.74, 6) is -0.0904. The zero-order valence-corrected chi connectivity index (χ0v) is 12.2. The van der Waals surface area contributed by atoms with Crippen LogP contribution in [0.2, 0.25) is 0 Å². The molecule has 1 aliphatic rings. The Balaban J connectivity index is 2.54. The van der Waals surface area contributed by atoms with Crippen LogP contribution in [0.4, 0.5) is 0 Å². The molecule has 1 rings (SSSR count). The molecule has 0 spiro atoms. The SMILES string of the molecule is CCNC(C)(CCN1CCCC1C(C)C)C(=O)O. The van der Waals surface area contributed by atoms with Gasteiger partial charge < -0.3 is 15.3 Å². The van der Waals surface area contributed by atoms with E-state index in [0.29, 0.717) is 24.9 Å². The smallest absolute Gasteiger partial charge is 0.323 e. The maximum Gasteiger partial charge on any atom is 0.323 e.